The number of aromatic nitrogens is 1. The van der Waals surface area contributed by atoms with Crippen LogP contribution in [0.15, 0.2) is 10.6 Å². The molecule has 0 spiro atoms. The maximum absolute atomic E-state index is 11.7. The highest BCUT2D eigenvalue weighted by molar-refractivity contribution is 7.88. The van der Waals surface area contributed by atoms with Crippen molar-refractivity contribution in [2.75, 3.05) is 6.54 Å². The van der Waals surface area contributed by atoms with Crippen molar-refractivity contribution in [3.63, 3.8) is 0 Å². The third kappa shape index (κ3) is 3.79. The highest BCUT2D eigenvalue weighted by Gasteiger charge is 2.30. The number of sulfonamides is 1. The molecule has 1 aliphatic rings. The Morgan fingerprint density at radius 2 is 2.35 bits per heavy atom. The lowest BCUT2D eigenvalue weighted by Crippen LogP contribution is -2.34. The van der Waals surface area contributed by atoms with Crippen LogP contribution in [-0.4, -0.2) is 31.3 Å². The van der Waals surface area contributed by atoms with Crippen molar-refractivity contribution in [2.45, 2.75) is 31.6 Å². The molecule has 1 fully saturated rings. The SMILES string of the molecule is Cc1cc(CS(=O)(=O)NCC(O)C2CC2)no1. The van der Waals surface area contributed by atoms with E-state index in [-0.39, 0.29) is 18.2 Å². The first kappa shape index (κ1) is 12.5. The number of hydrogen-bond acceptors (Lipinski definition) is 5. The molecule has 0 saturated heterocycles. The second-order valence-corrected chi connectivity index (χ2v) is 6.25. The lowest BCUT2D eigenvalue weighted by atomic mass is 10.2. The summed E-state index contributed by atoms with van der Waals surface area (Å²) in [6.07, 6.45) is 1.38. The minimum Gasteiger partial charge on any atom is -0.391 e. The summed E-state index contributed by atoms with van der Waals surface area (Å²) in [6.45, 7) is 1.78. The van der Waals surface area contributed by atoms with Crippen LogP contribution in [0.1, 0.15) is 24.3 Å². The van der Waals surface area contributed by atoms with E-state index >= 15 is 0 Å². The van der Waals surface area contributed by atoms with Gasteiger partial charge in [-0.25, -0.2) is 13.1 Å². The van der Waals surface area contributed by atoms with E-state index < -0.39 is 16.1 Å². The van der Waals surface area contributed by atoms with Crippen LogP contribution < -0.4 is 4.72 Å². The van der Waals surface area contributed by atoms with E-state index in [0.717, 1.165) is 12.8 Å². The van der Waals surface area contributed by atoms with Crippen molar-refractivity contribution < 1.29 is 18.0 Å². The van der Waals surface area contributed by atoms with Crippen LogP contribution in [0.3, 0.4) is 0 Å². The molecule has 0 aromatic carbocycles. The van der Waals surface area contributed by atoms with Gasteiger partial charge in [0.05, 0.1) is 6.10 Å². The fourth-order valence-electron chi connectivity index (χ4n) is 1.59. The summed E-state index contributed by atoms with van der Waals surface area (Å²) in [5.74, 6) is 0.613. The van der Waals surface area contributed by atoms with Gasteiger partial charge in [0.15, 0.2) is 0 Å². The zero-order valence-corrected chi connectivity index (χ0v) is 10.4. The first-order chi connectivity index (χ1) is 7.96. The van der Waals surface area contributed by atoms with E-state index in [1.807, 2.05) is 0 Å². The van der Waals surface area contributed by atoms with Gasteiger partial charge in [-0.1, -0.05) is 5.16 Å². The van der Waals surface area contributed by atoms with E-state index in [2.05, 4.69) is 9.88 Å². The molecule has 2 N–H and O–H groups in total. The number of aliphatic hydroxyl groups is 1. The normalized spacial score (nSPS) is 18.2. The van der Waals surface area contributed by atoms with Crippen LogP contribution in [0.25, 0.3) is 0 Å². The third-order valence-electron chi connectivity index (χ3n) is 2.69. The van der Waals surface area contributed by atoms with Gasteiger partial charge >= 0.3 is 0 Å². The molecular weight excluding hydrogens is 244 g/mol. The molecule has 1 unspecified atom stereocenters. The Morgan fingerprint density at radius 1 is 1.65 bits per heavy atom. The smallest absolute Gasteiger partial charge is 0.217 e. The minimum absolute atomic E-state index is 0.0732. The second-order valence-electron chi connectivity index (χ2n) is 4.44. The van der Waals surface area contributed by atoms with Crippen molar-refractivity contribution >= 4 is 10.0 Å². The Bertz CT molecular complexity index is 478. The van der Waals surface area contributed by atoms with Crippen LogP contribution in [-0.2, 0) is 15.8 Å². The van der Waals surface area contributed by atoms with Crippen LogP contribution >= 0.6 is 0 Å². The molecule has 0 amide bonds. The van der Waals surface area contributed by atoms with E-state index in [0.29, 0.717) is 11.5 Å². The number of rotatable bonds is 6. The summed E-state index contributed by atoms with van der Waals surface area (Å²) in [4.78, 5) is 0. The summed E-state index contributed by atoms with van der Waals surface area (Å²) in [5, 5.41) is 13.2. The molecule has 1 heterocycles. The molecule has 96 valence electrons. The zero-order valence-electron chi connectivity index (χ0n) is 9.59. The fraction of sp³-hybridized carbons (Fsp3) is 0.700. The number of hydrogen-bond donors (Lipinski definition) is 2. The highest BCUT2D eigenvalue weighted by Crippen LogP contribution is 2.32. The predicted octanol–water partition coefficient (Wildman–Crippen LogP) is 0.173. The van der Waals surface area contributed by atoms with Crippen molar-refractivity contribution in [1.29, 1.82) is 0 Å². The van der Waals surface area contributed by atoms with Crippen molar-refractivity contribution in [1.82, 2.24) is 9.88 Å². The summed E-state index contributed by atoms with van der Waals surface area (Å²) in [5.41, 5.74) is 0.371. The van der Waals surface area contributed by atoms with Crippen LogP contribution in [0.4, 0.5) is 0 Å². The molecule has 1 atom stereocenters. The molecule has 1 aromatic heterocycles. The van der Waals surface area contributed by atoms with Crippen molar-refractivity contribution in [2.24, 2.45) is 5.92 Å². The molecule has 1 saturated carbocycles. The van der Waals surface area contributed by atoms with Gasteiger partial charge in [-0.3, -0.25) is 0 Å². The van der Waals surface area contributed by atoms with Crippen LogP contribution in [0.2, 0.25) is 0 Å². The molecule has 0 radical (unpaired) electrons. The maximum Gasteiger partial charge on any atom is 0.217 e. The number of nitrogens with one attached hydrogen (secondary N) is 1. The molecule has 1 aromatic rings. The quantitative estimate of drug-likeness (QED) is 0.760. The Morgan fingerprint density at radius 3 is 2.88 bits per heavy atom. The Hall–Kier alpha value is -0.920. The fourth-order valence-corrected chi connectivity index (χ4v) is 2.64. The number of aliphatic hydroxyl groups excluding tert-OH is 1. The summed E-state index contributed by atoms with van der Waals surface area (Å²) < 4.78 is 30.5. The van der Waals surface area contributed by atoms with Gasteiger partial charge < -0.3 is 9.63 Å². The maximum atomic E-state index is 11.7. The number of aryl methyl sites for hydroxylation is 1. The molecular formula is C10H16N2O4S. The zero-order chi connectivity index (χ0) is 12.5. The molecule has 7 heteroatoms. The number of nitrogens with zero attached hydrogens (tertiary/aromatic N) is 1. The van der Waals surface area contributed by atoms with E-state index in [1.54, 1.807) is 13.0 Å². The molecule has 0 aliphatic heterocycles. The van der Waals surface area contributed by atoms with Gasteiger partial charge in [0.1, 0.15) is 17.2 Å². The Kier molecular flexibility index (Phi) is 3.50. The second kappa shape index (κ2) is 4.75. The summed E-state index contributed by atoms with van der Waals surface area (Å²) in [7, 11) is -3.45. The van der Waals surface area contributed by atoms with E-state index in [1.165, 1.54) is 0 Å². The van der Waals surface area contributed by atoms with E-state index in [4.69, 9.17) is 4.52 Å². The van der Waals surface area contributed by atoms with Gasteiger partial charge in [0.2, 0.25) is 10.0 Å². The Labute approximate surface area is 100 Å². The van der Waals surface area contributed by atoms with Gasteiger partial charge in [-0.2, -0.15) is 0 Å². The molecule has 0 bridgehead atoms. The highest BCUT2D eigenvalue weighted by atomic mass is 32.2. The lowest BCUT2D eigenvalue weighted by Gasteiger charge is -2.10. The standard InChI is InChI=1S/C10H16N2O4S/c1-7-4-9(12-16-7)6-17(14,15)11-5-10(13)8-2-3-8/h4,8,10-11,13H,2-3,5-6H2,1H3. The first-order valence-electron chi connectivity index (χ1n) is 5.54. The largest absolute Gasteiger partial charge is 0.391 e. The van der Waals surface area contributed by atoms with Gasteiger partial charge in [0.25, 0.3) is 0 Å². The van der Waals surface area contributed by atoms with Crippen LogP contribution in [0.5, 0.6) is 0 Å². The average Bonchev–Trinajstić information content (AvgIpc) is 3.01. The van der Waals surface area contributed by atoms with Gasteiger partial charge in [-0.05, 0) is 25.7 Å². The van der Waals surface area contributed by atoms with Crippen molar-refractivity contribution in [3.8, 4) is 0 Å². The Balaban J connectivity index is 1.85. The minimum atomic E-state index is -3.45. The predicted molar refractivity (Wildman–Crippen MR) is 60.6 cm³/mol. The molecule has 17 heavy (non-hydrogen) atoms. The third-order valence-corrected chi connectivity index (χ3v) is 3.98. The van der Waals surface area contributed by atoms with E-state index in [9.17, 15) is 13.5 Å². The van der Waals surface area contributed by atoms with Crippen LogP contribution in [0, 0.1) is 12.8 Å². The monoisotopic (exact) mass is 260 g/mol. The first-order valence-corrected chi connectivity index (χ1v) is 7.19. The molecule has 6 nitrogen and oxygen atoms in total. The van der Waals surface area contributed by atoms with Gasteiger partial charge in [0, 0.05) is 12.6 Å². The molecule has 1 aliphatic carbocycles. The summed E-state index contributed by atoms with van der Waals surface area (Å²) in [6, 6.07) is 1.58. The summed E-state index contributed by atoms with van der Waals surface area (Å²) >= 11 is 0. The lowest BCUT2D eigenvalue weighted by molar-refractivity contribution is 0.155. The van der Waals surface area contributed by atoms with Gasteiger partial charge in [-0.15, -0.1) is 0 Å². The van der Waals surface area contributed by atoms with Crippen molar-refractivity contribution in [3.05, 3.63) is 17.5 Å². The topological polar surface area (TPSA) is 92.4 Å². The molecule has 2 rings (SSSR count). The average molecular weight is 260 g/mol.